The molecular weight excluding hydrogens is 184 g/mol. The molecule has 1 aromatic rings. The molecule has 0 aliphatic carbocycles. The Balaban J connectivity index is 3.48. The molecule has 0 saturated carbocycles. The Labute approximate surface area is 68.0 Å². The van der Waals surface area contributed by atoms with Crippen LogP contribution < -0.4 is 5.56 Å². The SMILES string of the molecule is Cc1cc(=O)[nH]c(S(=O)(=O)O)n1. The molecule has 6 nitrogen and oxygen atoms in total. The highest BCUT2D eigenvalue weighted by Gasteiger charge is 2.12. The van der Waals surface area contributed by atoms with Crippen LogP contribution in [0.5, 0.6) is 0 Å². The quantitative estimate of drug-likeness (QED) is 0.451. The first-order valence-corrected chi connectivity index (χ1v) is 4.39. The fourth-order valence-electron chi connectivity index (χ4n) is 0.674. The summed E-state index contributed by atoms with van der Waals surface area (Å²) in [6.45, 7) is 1.45. The summed E-state index contributed by atoms with van der Waals surface area (Å²) in [5, 5.41) is -0.729. The molecule has 0 amide bonds. The van der Waals surface area contributed by atoms with Gasteiger partial charge in [-0.3, -0.25) is 14.3 Å². The molecule has 1 aromatic heterocycles. The van der Waals surface area contributed by atoms with Crippen molar-refractivity contribution in [2.24, 2.45) is 0 Å². The third-order valence-corrected chi connectivity index (χ3v) is 1.77. The lowest BCUT2D eigenvalue weighted by Gasteiger charge is -1.95. The average molecular weight is 190 g/mol. The second kappa shape index (κ2) is 2.68. The zero-order valence-corrected chi connectivity index (χ0v) is 6.92. The molecule has 2 N–H and O–H groups in total. The normalized spacial score (nSPS) is 11.5. The van der Waals surface area contributed by atoms with Crippen molar-refractivity contribution in [2.45, 2.75) is 12.1 Å². The van der Waals surface area contributed by atoms with Crippen LogP contribution >= 0.6 is 0 Å². The van der Waals surface area contributed by atoms with Gasteiger partial charge in [-0.25, -0.2) is 4.98 Å². The van der Waals surface area contributed by atoms with Crippen LogP contribution in [0.3, 0.4) is 0 Å². The van der Waals surface area contributed by atoms with Crippen molar-refractivity contribution in [1.82, 2.24) is 9.97 Å². The van der Waals surface area contributed by atoms with E-state index >= 15 is 0 Å². The maximum atomic E-state index is 10.7. The second-order valence-corrected chi connectivity index (χ2v) is 3.50. The Morgan fingerprint density at radius 3 is 2.58 bits per heavy atom. The van der Waals surface area contributed by atoms with E-state index in [-0.39, 0.29) is 5.69 Å². The van der Waals surface area contributed by atoms with Crippen molar-refractivity contribution in [3.63, 3.8) is 0 Å². The highest BCUT2D eigenvalue weighted by Crippen LogP contribution is 1.97. The number of aromatic nitrogens is 2. The topological polar surface area (TPSA) is 100 Å². The fourth-order valence-corrected chi connectivity index (χ4v) is 1.16. The first-order chi connectivity index (χ1) is 5.39. The standard InChI is InChI=1S/C5H6N2O4S/c1-3-2-4(8)7-5(6-3)12(9,10)11/h2H,1H3,(H,6,7,8)(H,9,10,11). The summed E-state index contributed by atoms with van der Waals surface area (Å²) in [4.78, 5) is 16.0. The lowest BCUT2D eigenvalue weighted by atomic mass is 10.5. The molecule has 0 aliphatic rings. The summed E-state index contributed by atoms with van der Waals surface area (Å²) < 4.78 is 29.4. The summed E-state index contributed by atoms with van der Waals surface area (Å²) in [7, 11) is -4.41. The van der Waals surface area contributed by atoms with E-state index in [4.69, 9.17) is 4.55 Å². The highest BCUT2D eigenvalue weighted by molar-refractivity contribution is 7.85. The summed E-state index contributed by atoms with van der Waals surface area (Å²) in [6, 6.07) is 1.12. The van der Waals surface area contributed by atoms with Crippen molar-refractivity contribution in [3.05, 3.63) is 22.1 Å². The Kier molecular flexibility index (Phi) is 1.99. The van der Waals surface area contributed by atoms with Crippen molar-refractivity contribution in [2.75, 3.05) is 0 Å². The minimum absolute atomic E-state index is 0.228. The third-order valence-electron chi connectivity index (χ3n) is 1.09. The predicted molar refractivity (Wildman–Crippen MR) is 39.4 cm³/mol. The molecule has 66 valence electrons. The molecule has 0 aromatic carbocycles. The Hall–Kier alpha value is -1.21. The molecule has 0 saturated heterocycles. The Bertz CT molecular complexity index is 447. The van der Waals surface area contributed by atoms with E-state index in [2.05, 4.69) is 4.98 Å². The van der Waals surface area contributed by atoms with Crippen LogP contribution in [0.2, 0.25) is 0 Å². The zero-order valence-electron chi connectivity index (χ0n) is 6.10. The van der Waals surface area contributed by atoms with E-state index < -0.39 is 20.8 Å². The number of H-pyrrole nitrogens is 1. The number of aryl methyl sites for hydroxylation is 1. The van der Waals surface area contributed by atoms with Gasteiger partial charge in [0.2, 0.25) is 0 Å². The minimum atomic E-state index is -4.41. The van der Waals surface area contributed by atoms with Gasteiger partial charge < -0.3 is 0 Å². The molecule has 7 heteroatoms. The van der Waals surface area contributed by atoms with E-state index in [1.54, 1.807) is 0 Å². The van der Waals surface area contributed by atoms with Crippen LogP contribution in [0.15, 0.2) is 16.0 Å². The van der Waals surface area contributed by atoms with E-state index in [1.807, 2.05) is 4.98 Å². The van der Waals surface area contributed by atoms with Crippen molar-refractivity contribution in [1.29, 1.82) is 0 Å². The number of hydrogen-bond acceptors (Lipinski definition) is 4. The van der Waals surface area contributed by atoms with Gasteiger partial charge in [-0.05, 0) is 6.92 Å². The molecule has 0 fully saturated rings. The molecule has 0 atom stereocenters. The van der Waals surface area contributed by atoms with Crippen LogP contribution in [0.1, 0.15) is 5.69 Å². The van der Waals surface area contributed by atoms with Crippen LogP contribution in [-0.2, 0) is 10.1 Å². The summed E-state index contributed by atoms with van der Waals surface area (Å²) >= 11 is 0. The molecule has 1 rings (SSSR count). The van der Waals surface area contributed by atoms with Gasteiger partial charge in [-0.15, -0.1) is 0 Å². The molecule has 0 aliphatic heterocycles. The monoisotopic (exact) mass is 190 g/mol. The van der Waals surface area contributed by atoms with Gasteiger partial charge in [0.05, 0.1) is 0 Å². The molecule has 0 unspecified atom stereocenters. The van der Waals surface area contributed by atoms with Gasteiger partial charge in [-0.1, -0.05) is 0 Å². The first-order valence-electron chi connectivity index (χ1n) is 2.95. The number of hydrogen-bond donors (Lipinski definition) is 2. The van der Waals surface area contributed by atoms with Gasteiger partial charge in [0.25, 0.3) is 10.7 Å². The van der Waals surface area contributed by atoms with Gasteiger partial charge in [-0.2, -0.15) is 8.42 Å². The van der Waals surface area contributed by atoms with E-state index in [1.165, 1.54) is 6.92 Å². The Morgan fingerprint density at radius 2 is 2.17 bits per heavy atom. The molecule has 0 radical (unpaired) electrons. The Morgan fingerprint density at radius 1 is 1.58 bits per heavy atom. The average Bonchev–Trinajstić information content (AvgIpc) is 1.82. The van der Waals surface area contributed by atoms with Crippen LogP contribution in [0, 0.1) is 6.92 Å². The lowest BCUT2D eigenvalue weighted by molar-refractivity contribution is 0.473. The molecular formula is C5H6N2O4S. The molecule has 0 spiro atoms. The fraction of sp³-hybridized carbons (Fsp3) is 0.200. The maximum absolute atomic E-state index is 10.7. The van der Waals surface area contributed by atoms with Crippen LogP contribution in [0.25, 0.3) is 0 Å². The van der Waals surface area contributed by atoms with Crippen molar-refractivity contribution in [3.8, 4) is 0 Å². The van der Waals surface area contributed by atoms with Gasteiger partial charge in [0.1, 0.15) is 0 Å². The number of aromatic amines is 1. The number of nitrogens with zero attached hydrogens (tertiary/aromatic N) is 1. The van der Waals surface area contributed by atoms with E-state index in [9.17, 15) is 13.2 Å². The molecule has 1 heterocycles. The van der Waals surface area contributed by atoms with Gasteiger partial charge in [0.15, 0.2) is 0 Å². The number of nitrogens with one attached hydrogen (secondary N) is 1. The third kappa shape index (κ3) is 1.89. The number of rotatable bonds is 1. The molecule has 12 heavy (non-hydrogen) atoms. The summed E-state index contributed by atoms with van der Waals surface area (Å²) in [6.07, 6.45) is 0. The van der Waals surface area contributed by atoms with E-state index in [0.717, 1.165) is 6.07 Å². The maximum Gasteiger partial charge on any atom is 0.328 e. The van der Waals surface area contributed by atoms with Crippen LogP contribution in [0.4, 0.5) is 0 Å². The minimum Gasteiger partial charge on any atom is -0.295 e. The highest BCUT2D eigenvalue weighted by atomic mass is 32.2. The largest absolute Gasteiger partial charge is 0.328 e. The summed E-state index contributed by atoms with van der Waals surface area (Å²) in [5.41, 5.74) is -0.387. The zero-order chi connectivity index (χ0) is 9.35. The van der Waals surface area contributed by atoms with E-state index in [0.29, 0.717) is 0 Å². The predicted octanol–water partition coefficient (Wildman–Crippen LogP) is -0.675. The van der Waals surface area contributed by atoms with Crippen LogP contribution in [-0.4, -0.2) is 22.9 Å². The smallest absolute Gasteiger partial charge is 0.295 e. The lowest BCUT2D eigenvalue weighted by Crippen LogP contribution is -2.14. The first kappa shape index (κ1) is 8.88. The van der Waals surface area contributed by atoms with Crippen molar-refractivity contribution >= 4 is 10.1 Å². The van der Waals surface area contributed by atoms with Gasteiger partial charge in [0, 0.05) is 11.8 Å². The van der Waals surface area contributed by atoms with Gasteiger partial charge >= 0.3 is 10.1 Å². The van der Waals surface area contributed by atoms with Crippen molar-refractivity contribution < 1.29 is 13.0 Å². The second-order valence-electron chi connectivity index (χ2n) is 2.17. The summed E-state index contributed by atoms with van der Waals surface area (Å²) in [5.74, 6) is 0. The molecule has 0 bridgehead atoms.